The smallest absolute Gasteiger partial charge is 0.144 e. The maximum atomic E-state index is 9.41. The number of aromatic hydroxyl groups is 1. The molecule has 0 fully saturated rings. The normalized spacial score (nSPS) is 11.5. The molecule has 0 aliphatic rings. The molecular formula is C11H16ClNO2. The summed E-state index contributed by atoms with van der Waals surface area (Å²) in [5.74, 6) is 0.516. The number of rotatable bonds is 3. The summed E-state index contributed by atoms with van der Waals surface area (Å²) >= 11 is 5.91. The fraction of sp³-hybridized carbons (Fsp3) is 0.455. The van der Waals surface area contributed by atoms with E-state index in [0.29, 0.717) is 12.2 Å². The van der Waals surface area contributed by atoms with Crippen LogP contribution in [0.25, 0.3) is 0 Å². The zero-order valence-electron chi connectivity index (χ0n) is 9.17. The molecule has 0 radical (unpaired) electrons. The van der Waals surface area contributed by atoms with Gasteiger partial charge in [-0.15, -0.1) is 0 Å². The van der Waals surface area contributed by atoms with Gasteiger partial charge in [-0.2, -0.15) is 0 Å². The Hall–Kier alpha value is -0.930. The Bertz CT molecular complexity index is 358. The number of nitrogens with two attached hydrogens (primary N) is 1. The summed E-state index contributed by atoms with van der Waals surface area (Å²) in [6.45, 7) is 3.85. The molecule has 1 aromatic carbocycles. The van der Waals surface area contributed by atoms with Crippen molar-refractivity contribution in [3.8, 4) is 11.5 Å². The first-order chi connectivity index (χ1) is 6.85. The quantitative estimate of drug-likeness (QED) is 0.837. The summed E-state index contributed by atoms with van der Waals surface area (Å²) in [6.07, 6.45) is 0.635. The number of phenolic OH excluding ortho intramolecular Hbond substituents is 1. The van der Waals surface area contributed by atoms with Crippen LogP contribution in [0.1, 0.15) is 19.4 Å². The fourth-order valence-electron chi connectivity index (χ4n) is 1.44. The van der Waals surface area contributed by atoms with Gasteiger partial charge in [-0.1, -0.05) is 17.7 Å². The summed E-state index contributed by atoms with van der Waals surface area (Å²) in [5.41, 5.74) is 6.47. The van der Waals surface area contributed by atoms with Crippen LogP contribution in [0.2, 0.25) is 5.02 Å². The van der Waals surface area contributed by atoms with Crippen molar-refractivity contribution in [2.45, 2.75) is 25.8 Å². The monoisotopic (exact) mass is 229 g/mol. The van der Waals surface area contributed by atoms with E-state index in [1.54, 1.807) is 12.1 Å². The molecule has 0 bridgehead atoms. The Morgan fingerprint density at radius 1 is 1.47 bits per heavy atom. The van der Waals surface area contributed by atoms with Crippen molar-refractivity contribution in [2.24, 2.45) is 5.73 Å². The lowest BCUT2D eigenvalue weighted by Gasteiger charge is -2.20. The Balaban J connectivity index is 3.14. The van der Waals surface area contributed by atoms with Crippen LogP contribution in [0, 0.1) is 0 Å². The van der Waals surface area contributed by atoms with Gasteiger partial charge in [0.15, 0.2) is 0 Å². The first-order valence-corrected chi connectivity index (χ1v) is 5.06. The van der Waals surface area contributed by atoms with Crippen LogP contribution < -0.4 is 10.5 Å². The molecule has 0 amide bonds. The lowest BCUT2D eigenvalue weighted by atomic mass is 9.95. The minimum absolute atomic E-state index is 0.0205. The molecule has 0 aromatic heterocycles. The van der Waals surface area contributed by atoms with Crippen molar-refractivity contribution in [1.82, 2.24) is 0 Å². The van der Waals surface area contributed by atoms with E-state index in [4.69, 9.17) is 22.1 Å². The van der Waals surface area contributed by atoms with Gasteiger partial charge in [0.2, 0.25) is 0 Å². The molecule has 0 saturated carbocycles. The number of ether oxygens (including phenoxy) is 1. The molecule has 0 spiro atoms. The molecule has 15 heavy (non-hydrogen) atoms. The SMILES string of the molecule is COc1c(CC(C)(C)N)ccc(O)c1Cl. The molecule has 3 N–H and O–H groups in total. The van der Waals surface area contributed by atoms with E-state index in [0.717, 1.165) is 5.56 Å². The summed E-state index contributed by atoms with van der Waals surface area (Å²) in [6, 6.07) is 3.32. The minimum atomic E-state index is -0.340. The number of hydrogen-bond acceptors (Lipinski definition) is 3. The van der Waals surface area contributed by atoms with Gasteiger partial charge in [0.25, 0.3) is 0 Å². The van der Waals surface area contributed by atoms with E-state index in [2.05, 4.69) is 0 Å². The van der Waals surface area contributed by atoms with E-state index < -0.39 is 0 Å². The molecular weight excluding hydrogens is 214 g/mol. The van der Waals surface area contributed by atoms with Crippen LogP contribution in [-0.4, -0.2) is 17.8 Å². The predicted octanol–water partition coefficient (Wildman–Crippen LogP) is 2.33. The number of methoxy groups -OCH3 is 1. The molecule has 1 aromatic rings. The second-order valence-electron chi connectivity index (χ2n) is 4.26. The van der Waals surface area contributed by atoms with Crippen LogP contribution >= 0.6 is 11.6 Å². The van der Waals surface area contributed by atoms with Gasteiger partial charge in [0.1, 0.15) is 16.5 Å². The fourth-order valence-corrected chi connectivity index (χ4v) is 1.70. The molecule has 1 rings (SSSR count). The van der Waals surface area contributed by atoms with E-state index >= 15 is 0 Å². The zero-order chi connectivity index (χ0) is 11.6. The van der Waals surface area contributed by atoms with Crippen molar-refractivity contribution >= 4 is 11.6 Å². The second kappa shape index (κ2) is 4.29. The number of hydrogen-bond donors (Lipinski definition) is 2. The summed E-state index contributed by atoms with van der Waals surface area (Å²) in [7, 11) is 1.52. The average Bonchev–Trinajstić information content (AvgIpc) is 2.10. The van der Waals surface area contributed by atoms with E-state index in [1.165, 1.54) is 7.11 Å². The molecule has 0 heterocycles. The first-order valence-electron chi connectivity index (χ1n) is 4.68. The number of phenols is 1. The highest BCUT2D eigenvalue weighted by atomic mass is 35.5. The largest absolute Gasteiger partial charge is 0.506 e. The standard InChI is InChI=1S/C11H16ClNO2/c1-11(2,13)6-7-4-5-8(14)9(12)10(7)15-3/h4-5,14H,6,13H2,1-3H3. The Labute approximate surface area is 94.8 Å². The zero-order valence-corrected chi connectivity index (χ0v) is 9.93. The predicted molar refractivity (Wildman–Crippen MR) is 61.6 cm³/mol. The van der Waals surface area contributed by atoms with Gasteiger partial charge in [-0.25, -0.2) is 0 Å². The Morgan fingerprint density at radius 2 is 2.07 bits per heavy atom. The van der Waals surface area contributed by atoms with Gasteiger partial charge < -0.3 is 15.6 Å². The van der Waals surface area contributed by atoms with Crippen molar-refractivity contribution < 1.29 is 9.84 Å². The minimum Gasteiger partial charge on any atom is -0.506 e. The third kappa shape index (κ3) is 3.01. The highest BCUT2D eigenvalue weighted by molar-refractivity contribution is 6.33. The van der Waals surface area contributed by atoms with E-state index in [-0.39, 0.29) is 16.3 Å². The lowest BCUT2D eigenvalue weighted by Crippen LogP contribution is -2.34. The lowest BCUT2D eigenvalue weighted by molar-refractivity contribution is 0.396. The first kappa shape index (κ1) is 12.1. The molecule has 0 aliphatic heterocycles. The summed E-state index contributed by atoms with van der Waals surface area (Å²) in [4.78, 5) is 0. The van der Waals surface area contributed by atoms with Gasteiger partial charge in [0, 0.05) is 5.54 Å². The van der Waals surface area contributed by atoms with Crippen molar-refractivity contribution in [3.63, 3.8) is 0 Å². The van der Waals surface area contributed by atoms with Crippen LogP contribution in [0.3, 0.4) is 0 Å². The maximum absolute atomic E-state index is 9.41. The third-order valence-corrected chi connectivity index (χ3v) is 2.37. The highest BCUT2D eigenvalue weighted by Crippen LogP contribution is 2.37. The molecule has 0 aliphatic carbocycles. The van der Waals surface area contributed by atoms with Crippen molar-refractivity contribution in [1.29, 1.82) is 0 Å². The average molecular weight is 230 g/mol. The molecule has 4 heteroatoms. The van der Waals surface area contributed by atoms with Crippen LogP contribution in [0.5, 0.6) is 11.5 Å². The molecule has 0 unspecified atom stereocenters. The van der Waals surface area contributed by atoms with Gasteiger partial charge in [0.05, 0.1) is 7.11 Å². The van der Waals surface area contributed by atoms with Crippen LogP contribution in [-0.2, 0) is 6.42 Å². The molecule has 0 saturated heterocycles. The third-order valence-electron chi connectivity index (χ3n) is 2.01. The van der Waals surface area contributed by atoms with Gasteiger partial charge >= 0.3 is 0 Å². The molecule has 0 atom stereocenters. The number of halogens is 1. The van der Waals surface area contributed by atoms with Crippen LogP contribution in [0.15, 0.2) is 12.1 Å². The Morgan fingerprint density at radius 3 is 2.53 bits per heavy atom. The topological polar surface area (TPSA) is 55.5 Å². The van der Waals surface area contributed by atoms with Gasteiger partial charge in [-0.05, 0) is 31.9 Å². The second-order valence-corrected chi connectivity index (χ2v) is 4.63. The number of benzene rings is 1. The highest BCUT2D eigenvalue weighted by Gasteiger charge is 2.18. The molecule has 84 valence electrons. The molecule has 3 nitrogen and oxygen atoms in total. The van der Waals surface area contributed by atoms with Crippen LogP contribution in [0.4, 0.5) is 0 Å². The van der Waals surface area contributed by atoms with Crippen molar-refractivity contribution in [3.05, 3.63) is 22.7 Å². The Kier molecular flexibility index (Phi) is 3.47. The van der Waals surface area contributed by atoms with E-state index in [9.17, 15) is 5.11 Å². The van der Waals surface area contributed by atoms with E-state index in [1.807, 2.05) is 13.8 Å². The van der Waals surface area contributed by atoms with Crippen molar-refractivity contribution in [2.75, 3.05) is 7.11 Å². The van der Waals surface area contributed by atoms with Gasteiger partial charge in [-0.3, -0.25) is 0 Å². The maximum Gasteiger partial charge on any atom is 0.144 e. The summed E-state index contributed by atoms with van der Waals surface area (Å²) in [5, 5.41) is 9.65. The summed E-state index contributed by atoms with van der Waals surface area (Å²) < 4.78 is 5.16.